The van der Waals surface area contributed by atoms with E-state index in [2.05, 4.69) is 11.6 Å². The maximum Gasteiger partial charge on any atom is 0.338 e. The molecule has 0 amide bonds. The van der Waals surface area contributed by atoms with Crippen molar-refractivity contribution in [2.24, 2.45) is 4.99 Å². The van der Waals surface area contributed by atoms with Crippen molar-refractivity contribution in [3.63, 3.8) is 0 Å². The lowest BCUT2D eigenvalue weighted by Crippen LogP contribution is -2.39. The van der Waals surface area contributed by atoms with Crippen LogP contribution >= 0.6 is 22.7 Å². The molecule has 6 nitrogen and oxygen atoms in total. The number of nitrogens with zero attached hydrogens (tertiary/aromatic N) is 2. The van der Waals surface area contributed by atoms with E-state index in [1.54, 1.807) is 17.6 Å². The van der Waals surface area contributed by atoms with Gasteiger partial charge < -0.3 is 9.47 Å². The first-order chi connectivity index (χ1) is 15.0. The molecule has 158 valence electrons. The fraction of sp³-hybridized carbons (Fsp3) is 0.174. The van der Waals surface area contributed by atoms with Crippen molar-refractivity contribution in [1.29, 1.82) is 0 Å². The highest BCUT2D eigenvalue weighted by atomic mass is 32.1. The van der Waals surface area contributed by atoms with Crippen LogP contribution in [0.25, 0.3) is 6.08 Å². The van der Waals surface area contributed by atoms with Crippen molar-refractivity contribution in [3.05, 3.63) is 95.8 Å². The molecule has 0 bridgehead atoms. The molecule has 0 saturated carbocycles. The molecule has 1 atom stereocenters. The number of hydrogen-bond donors (Lipinski definition) is 0. The van der Waals surface area contributed by atoms with Crippen molar-refractivity contribution in [1.82, 2.24) is 4.57 Å². The Morgan fingerprint density at radius 2 is 2.06 bits per heavy atom. The van der Waals surface area contributed by atoms with Gasteiger partial charge in [-0.2, -0.15) is 0 Å². The molecule has 0 saturated heterocycles. The molecule has 8 heteroatoms. The van der Waals surface area contributed by atoms with Gasteiger partial charge in [0.15, 0.2) is 4.80 Å². The van der Waals surface area contributed by atoms with Gasteiger partial charge in [0.2, 0.25) is 0 Å². The predicted octanol–water partition coefficient (Wildman–Crippen LogP) is 3.03. The first-order valence-electron chi connectivity index (χ1n) is 9.51. The number of methoxy groups -OCH3 is 1. The van der Waals surface area contributed by atoms with Crippen LogP contribution in [-0.4, -0.2) is 24.3 Å². The Labute approximate surface area is 186 Å². The van der Waals surface area contributed by atoms with Crippen LogP contribution in [0.5, 0.6) is 5.75 Å². The minimum atomic E-state index is -0.555. The molecular weight excluding hydrogens is 432 g/mol. The van der Waals surface area contributed by atoms with Crippen molar-refractivity contribution >= 4 is 34.7 Å². The van der Waals surface area contributed by atoms with E-state index in [-0.39, 0.29) is 5.56 Å². The highest BCUT2D eigenvalue weighted by molar-refractivity contribution is 7.10. The molecule has 1 aliphatic rings. The van der Waals surface area contributed by atoms with E-state index in [9.17, 15) is 9.59 Å². The number of carbonyl (C=O) groups is 1. The molecule has 1 aliphatic heterocycles. The Morgan fingerprint density at radius 3 is 2.71 bits per heavy atom. The number of thiazole rings is 1. The van der Waals surface area contributed by atoms with E-state index in [1.165, 1.54) is 29.8 Å². The van der Waals surface area contributed by atoms with E-state index < -0.39 is 12.0 Å². The van der Waals surface area contributed by atoms with Crippen LogP contribution in [0.2, 0.25) is 0 Å². The molecule has 0 radical (unpaired) electrons. The summed E-state index contributed by atoms with van der Waals surface area (Å²) in [6, 6.07) is 10.7. The Morgan fingerprint density at radius 1 is 1.29 bits per heavy atom. The van der Waals surface area contributed by atoms with Crippen molar-refractivity contribution in [3.8, 4) is 5.75 Å². The van der Waals surface area contributed by atoms with Crippen LogP contribution < -0.4 is 19.6 Å². The smallest absolute Gasteiger partial charge is 0.338 e. The van der Waals surface area contributed by atoms with Gasteiger partial charge in [-0.05, 0) is 42.1 Å². The first kappa shape index (κ1) is 21.0. The zero-order valence-corrected chi connectivity index (χ0v) is 18.7. The lowest BCUT2D eigenvalue weighted by Gasteiger charge is -2.22. The number of ether oxygens (including phenoxy) is 2. The minimum Gasteiger partial charge on any atom is -0.490 e. The summed E-state index contributed by atoms with van der Waals surface area (Å²) in [4.78, 5) is 31.9. The topological polar surface area (TPSA) is 69.9 Å². The van der Waals surface area contributed by atoms with Gasteiger partial charge in [-0.1, -0.05) is 42.2 Å². The molecule has 0 spiro atoms. The molecule has 3 heterocycles. The normalized spacial score (nSPS) is 15.9. The molecule has 0 aliphatic carbocycles. The van der Waals surface area contributed by atoms with Crippen molar-refractivity contribution in [2.75, 3.05) is 13.7 Å². The summed E-state index contributed by atoms with van der Waals surface area (Å²) in [5.74, 6) is 0.249. The Kier molecular flexibility index (Phi) is 6.01. The third-order valence-corrected chi connectivity index (χ3v) is 6.69. The highest BCUT2D eigenvalue weighted by Crippen LogP contribution is 2.32. The molecule has 4 rings (SSSR count). The van der Waals surface area contributed by atoms with Gasteiger partial charge in [0.05, 0.1) is 22.9 Å². The lowest BCUT2D eigenvalue weighted by molar-refractivity contribution is -0.136. The number of benzene rings is 1. The van der Waals surface area contributed by atoms with Gasteiger partial charge in [0.25, 0.3) is 5.56 Å². The lowest BCUT2D eigenvalue weighted by atomic mass is 10.0. The monoisotopic (exact) mass is 452 g/mol. The number of aromatic nitrogens is 1. The number of allylic oxidation sites excluding steroid dienone is 1. The molecule has 31 heavy (non-hydrogen) atoms. The number of rotatable bonds is 6. The Bertz CT molecular complexity index is 1330. The molecule has 1 unspecified atom stereocenters. The largest absolute Gasteiger partial charge is 0.490 e. The van der Waals surface area contributed by atoms with E-state index in [4.69, 9.17) is 9.47 Å². The fourth-order valence-electron chi connectivity index (χ4n) is 3.38. The van der Waals surface area contributed by atoms with E-state index in [1.807, 2.05) is 47.9 Å². The number of hydrogen-bond acceptors (Lipinski definition) is 7. The van der Waals surface area contributed by atoms with Gasteiger partial charge in [-0.25, -0.2) is 9.79 Å². The number of esters is 1. The van der Waals surface area contributed by atoms with Gasteiger partial charge in [-0.3, -0.25) is 9.36 Å². The minimum absolute atomic E-state index is 0.192. The summed E-state index contributed by atoms with van der Waals surface area (Å²) in [5.41, 5.74) is 1.62. The molecule has 0 fully saturated rings. The Balaban J connectivity index is 1.83. The summed E-state index contributed by atoms with van der Waals surface area (Å²) in [5, 5.41) is 1.92. The van der Waals surface area contributed by atoms with Crippen LogP contribution in [0, 0.1) is 0 Å². The number of fused-ring (bicyclic) bond motifs is 1. The predicted molar refractivity (Wildman–Crippen MR) is 122 cm³/mol. The standard InChI is InChI=1S/C23H20N2O4S2/c1-4-11-29-16-9-7-15(8-10-16)13-18-21(26)25-20(17-6-5-12-30-17)19(22(27)28-3)14(2)24-23(25)31-18/h4-10,12-13,20H,1,11H2,2-3H3/b18-13+. The maximum absolute atomic E-state index is 13.4. The Hall–Kier alpha value is -3.23. The second-order valence-corrected chi connectivity index (χ2v) is 8.75. The molecule has 0 N–H and O–H groups in total. The quantitative estimate of drug-likeness (QED) is 0.426. The number of thiophene rings is 1. The summed E-state index contributed by atoms with van der Waals surface area (Å²) < 4.78 is 12.6. The van der Waals surface area contributed by atoms with Crippen LogP contribution in [0.15, 0.2) is 75.5 Å². The van der Waals surface area contributed by atoms with Crippen LogP contribution in [0.3, 0.4) is 0 Å². The van der Waals surface area contributed by atoms with Crippen LogP contribution in [0.4, 0.5) is 0 Å². The maximum atomic E-state index is 13.4. The van der Waals surface area contributed by atoms with Crippen molar-refractivity contribution < 1.29 is 14.3 Å². The third-order valence-electron chi connectivity index (χ3n) is 4.79. The summed E-state index contributed by atoms with van der Waals surface area (Å²) in [7, 11) is 1.33. The summed E-state index contributed by atoms with van der Waals surface area (Å²) in [6.07, 6.45) is 3.51. The first-order valence-corrected chi connectivity index (χ1v) is 11.2. The van der Waals surface area contributed by atoms with E-state index in [0.29, 0.717) is 27.2 Å². The van der Waals surface area contributed by atoms with Crippen molar-refractivity contribution in [2.45, 2.75) is 13.0 Å². The van der Waals surface area contributed by atoms with Gasteiger partial charge in [-0.15, -0.1) is 11.3 Å². The van der Waals surface area contributed by atoms with Gasteiger partial charge in [0, 0.05) is 4.88 Å². The molecule has 3 aromatic rings. The van der Waals surface area contributed by atoms with E-state index in [0.717, 1.165) is 16.2 Å². The average Bonchev–Trinajstić information content (AvgIpc) is 3.41. The second-order valence-electron chi connectivity index (χ2n) is 6.76. The number of carbonyl (C=O) groups excluding carboxylic acids is 1. The van der Waals surface area contributed by atoms with Gasteiger partial charge in [0.1, 0.15) is 18.4 Å². The second kappa shape index (κ2) is 8.87. The zero-order chi connectivity index (χ0) is 22.0. The fourth-order valence-corrected chi connectivity index (χ4v) is 5.25. The zero-order valence-electron chi connectivity index (χ0n) is 17.0. The SMILES string of the molecule is C=CCOc1ccc(/C=c2/sc3n(c2=O)C(c2cccs2)C(C(=O)OC)=C(C)N=3)cc1. The molecule has 1 aromatic carbocycles. The van der Waals surface area contributed by atoms with Gasteiger partial charge >= 0.3 is 5.97 Å². The summed E-state index contributed by atoms with van der Waals surface area (Å²) >= 11 is 2.79. The van der Waals surface area contributed by atoms with Crippen LogP contribution in [0.1, 0.15) is 23.4 Å². The highest BCUT2D eigenvalue weighted by Gasteiger charge is 2.33. The third kappa shape index (κ3) is 4.04. The average molecular weight is 453 g/mol. The van der Waals surface area contributed by atoms with E-state index >= 15 is 0 Å². The van der Waals surface area contributed by atoms with Crippen LogP contribution in [-0.2, 0) is 9.53 Å². The molecular formula is C23H20N2O4S2. The molecule has 2 aromatic heterocycles. The summed E-state index contributed by atoms with van der Waals surface area (Å²) in [6.45, 7) is 5.84.